The van der Waals surface area contributed by atoms with Gasteiger partial charge in [-0.05, 0) is 216 Å². The van der Waals surface area contributed by atoms with E-state index < -0.39 is 23.3 Å². The summed E-state index contributed by atoms with van der Waals surface area (Å²) < 4.78 is 22.8. The largest absolute Gasteiger partial charge is 0.493 e. The number of ketones is 3. The van der Waals surface area contributed by atoms with Crippen molar-refractivity contribution in [3.63, 3.8) is 0 Å². The summed E-state index contributed by atoms with van der Waals surface area (Å²) in [5, 5.41) is 11.3. The molecule has 14 rings (SSSR count). The average Bonchev–Trinajstić information content (AvgIpc) is 3.32. The Balaban J connectivity index is 0.718. The summed E-state index contributed by atoms with van der Waals surface area (Å²) in [6.45, 7) is 1.54. The van der Waals surface area contributed by atoms with Crippen LogP contribution in [-0.2, 0) is 24.0 Å². The van der Waals surface area contributed by atoms with Crippen molar-refractivity contribution < 1.29 is 42.9 Å². The van der Waals surface area contributed by atoms with Crippen molar-refractivity contribution in [2.75, 3.05) is 33.9 Å². The number of hydrogen-bond donors (Lipinski definition) is 3. The lowest BCUT2D eigenvalue weighted by atomic mass is 9.53. The van der Waals surface area contributed by atoms with E-state index in [1.807, 2.05) is 0 Å². The topological polar surface area (TPSA) is 158 Å². The highest BCUT2D eigenvalue weighted by Crippen LogP contribution is 2.58. The van der Waals surface area contributed by atoms with Gasteiger partial charge in [0, 0.05) is 42.7 Å². The molecular formula is C60H77N3O9. The summed E-state index contributed by atoms with van der Waals surface area (Å²) in [6, 6.07) is 10.0. The fraction of sp³-hybridized carbons (Fsp3) is 0.650. The molecule has 1 atom stereocenters. The second-order valence-corrected chi connectivity index (χ2v) is 24.8. The van der Waals surface area contributed by atoms with E-state index in [1.165, 1.54) is 123 Å². The van der Waals surface area contributed by atoms with Crippen LogP contribution in [0.1, 0.15) is 146 Å². The smallest absolute Gasteiger partial charge is 0.312 e. The maximum absolute atomic E-state index is 14.1. The van der Waals surface area contributed by atoms with Gasteiger partial charge in [-0.25, -0.2) is 0 Å². The molecule has 2 aromatic carbocycles. The predicted octanol–water partition coefficient (Wildman–Crippen LogP) is 9.41. The van der Waals surface area contributed by atoms with Gasteiger partial charge >= 0.3 is 11.9 Å². The molecule has 386 valence electrons. The molecule has 12 heteroatoms. The number of carbonyl (C=O) groups is 5. The van der Waals surface area contributed by atoms with Crippen LogP contribution < -0.4 is 34.9 Å². The van der Waals surface area contributed by atoms with E-state index in [0.717, 1.165) is 72.5 Å². The Bertz CT molecular complexity index is 2230. The molecule has 12 nitrogen and oxygen atoms in total. The number of Topliss-reactive ketones (excluding diaryl/α,β-unsaturated/α-hetero) is 1. The molecular weight excluding hydrogens is 907 g/mol. The van der Waals surface area contributed by atoms with E-state index in [0.29, 0.717) is 42.3 Å². The molecule has 3 N–H and O–H groups in total. The first kappa shape index (κ1) is 49.6. The minimum atomic E-state index is -1.54. The first-order chi connectivity index (χ1) is 34.8. The number of esters is 2. The van der Waals surface area contributed by atoms with E-state index in [9.17, 15) is 24.0 Å². The van der Waals surface area contributed by atoms with Gasteiger partial charge in [-0.1, -0.05) is 24.3 Å². The van der Waals surface area contributed by atoms with E-state index in [1.54, 1.807) is 48.6 Å². The van der Waals surface area contributed by atoms with Gasteiger partial charge in [0.15, 0.2) is 40.3 Å². The van der Waals surface area contributed by atoms with Gasteiger partial charge in [-0.15, -0.1) is 0 Å². The Labute approximate surface area is 425 Å². The van der Waals surface area contributed by atoms with Crippen molar-refractivity contribution in [2.45, 2.75) is 151 Å². The van der Waals surface area contributed by atoms with E-state index in [-0.39, 0.29) is 59.3 Å². The fourth-order valence-corrected chi connectivity index (χ4v) is 17.5. The molecule has 0 aromatic heterocycles. The minimum absolute atomic E-state index is 0.0351. The van der Waals surface area contributed by atoms with Crippen molar-refractivity contribution in [3.8, 4) is 23.0 Å². The van der Waals surface area contributed by atoms with Gasteiger partial charge < -0.3 is 34.9 Å². The summed E-state index contributed by atoms with van der Waals surface area (Å²) in [4.78, 5) is 68.4. The summed E-state index contributed by atoms with van der Waals surface area (Å²) in [5.74, 6) is 4.41. The number of methoxy groups -OCH3 is 2. The standard InChI is InChI=1S/C60H77N3O9/c1-69-53-26-37(5-9-51(53)71-55(67)12-15-62-59-31-42-20-43(32-59)22-44(21-42)33-59)3-7-48(64)57(50(66)11-14-61-58-28-39-17-40(29-58)19-41(18-39)30-58)49(65)8-4-38-6-10-52(54(27-38)70-2)72-56(68)13-16-63-60-34-45-23-46(35-60)25-47(24-45)36-60/h3-10,26-27,39-47,57,61-63H,11-25,28-36H2,1-2H3/b7-3-,8-4+. The Hall–Kier alpha value is -4.65. The lowest BCUT2D eigenvalue weighted by Crippen LogP contribution is -2.58. The normalized spacial score (nSPS) is 34.7. The molecule has 0 aliphatic heterocycles. The third-order valence-corrected chi connectivity index (χ3v) is 19.2. The zero-order valence-electron chi connectivity index (χ0n) is 42.7. The third-order valence-electron chi connectivity index (χ3n) is 19.2. The molecule has 0 radical (unpaired) electrons. The zero-order valence-corrected chi connectivity index (χ0v) is 42.7. The number of carbonyl (C=O) groups excluding carboxylic acids is 5. The first-order valence-electron chi connectivity index (χ1n) is 27.8. The highest BCUT2D eigenvalue weighted by Gasteiger charge is 2.53. The van der Waals surface area contributed by atoms with Crippen molar-refractivity contribution in [3.05, 3.63) is 59.7 Å². The monoisotopic (exact) mass is 984 g/mol. The second-order valence-electron chi connectivity index (χ2n) is 24.8. The number of rotatable bonds is 23. The van der Waals surface area contributed by atoms with E-state index in [2.05, 4.69) is 16.0 Å². The van der Waals surface area contributed by atoms with Crippen molar-refractivity contribution in [1.82, 2.24) is 16.0 Å². The molecule has 12 aliphatic carbocycles. The lowest BCUT2D eigenvalue weighted by Gasteiger charge is -2.57. The average molecular weight is 984 g/mol. The van der Waals surface area contributed by atoms with Gasteiger partial charge in [0.25, 0.3) is 0 Å². The van der Waals surface area contributed by atoms with Crippen molar-refractivity contribution in [1.29, 1.82) is 0 Å². The zero-order chi connectivity index (χ0) is 49.6. The molecule has 72 heavy (non-hydrogen) atoms. The van der Waals surface area contributed by atoms with E-state index >= 15 is 0 Å². The molecule has 12 fully saturated rings. The second kappa shape index (κ2) is 20.6. The highest BCUT2D eigenvalue weighted by atomic mass is 16.6. The third kappa shape index (κ3) is 10.9. The highest BCUT2D eigenvalue weighted by molar-refractivity contribution is 6.26. The van der Waals surface area contributed by atoms with Crippen LogP contribution in [0, 0.1) is 59.2 Å². The van der Waals surface area contributed by atoms with Crippen LogP contribution in [0.4, 0.5) is 0 Å². The molecule has 1 unspecified atom stereocenters. The van der Waals surface area contributed by atoms with Gasteiger partial charge in [-0.2, -0.15) is 0 Å². The molecule has 0 heterocycles. The predicted molar refractivity (Wildman–Crippen MR) is 274 cm³/mol. The van der Waals surface area contributed by atoms with Crippen molar-refractivity contribution in [2.24, 2.45) is 59.2 Å². The number of hydrogen-bond acceptors (Lipinski definition) is 12. The molecule has 2 aromatic rings. The van der Waals surface area contributed by atoms with Crippen LogP contribution in [0.3, 0.4) is 0 Å². The van der Waals surface area contributed by atoms with Crippen LogP contribution in [0.5, 0.6) is 23.0 Å². The fourth-order valence-electron chi connectivity index (χ4n) is 17.5. The van der Waals surface area contributed by atoms with Crippen LogP contribution in [0.15, 0.2) is 48.6 Å². The molecule has 12 saturated carbocycles. The molecule has 12 bridgehead atoms. The molecule has 0 amide bonds. The number of benzene rings is 2. The molecule has 0 saturated heterocycles. The van der Waals surface area contributed by atoms with Gasteiger partial charge in [0.05, 0.1) is 27.1 Å². The lowest BCUT2D eigenvalue weighted by molar-refractivity contribution is -0.137. The Morgan fingerprint density at radius 2 is 0.778 bits per heavy atom. The number of ether oxygens (including phenoxy) is 4. The summed E-state index contributed by atoms with van der Waals surface area (Å²) in [5.41, 5.74) is 1.52. The van der Waals surface area contributed by atoms with Gasteiger partial charge in [0.1, 0.15) is 5.92 Å². The van der Waals surface area contributed by atoms with Crippen LogP contribution in [0.25, 0.3) is 12.2 Å². The minimum Gasteiger partial charge on any atom is -0.493 e. The van der Waals surface area contributed by atoms with Crippen molar-refractivity contribution >= 4 is 41.4 Å². The van der Waals surface area contributed by atoms with Crippen LogP contribution in [0.2, 0.25) is 0 Å². The maximum atomic E-state index is 14.1. The van der Waals surface area contributed by atoms with Crippen LogP contribution >= 0.6 is 0 Å². The first-order valence-corrected chi connectivity index (χ1v) is 27.8. The quantitative estimate of drug-likeness (QED) is 0.0420. The number of nitrogens with one attached hydrogen (secondary N) is 3. The summed E-state index contributed by atoms with van der Waals surface area (Å²) in [7, 11) is 2.99. The molecule has 12 aliphatic rings. The van der Waals surface area contributed by atoms with Gasteiger partial charge in [-0.3, -0.25) is 24.0 Å². The maximum Gasteiger partial charge on any atom is 0.312 e. The van der Waals surface area contributed by atoms with Crippen LogP contribution in [-0.4, -0.2) is 79.8 Å². The SMILES string of the molecule is COc1cc(/C=C\C(=O)C(C(=O)/C=C/c2ccc(OC(=O)CCNC34CC5CC(CC(C5)C3)C4)c(OC)c2)C(=O)CCNC23CC4CC(CC(C4)C2)C3)ccc1OC(=O)CCNC12CC3CC(CC(C3)C1)C2. The Morgan fingerprint density at radius 1 is 0.472 bits per heavy atom. The molecule has 0 spiro atoms. The summed E-state index contributed by atoms with van der Waals surface area (Å²) in [6.07, 6.45) is 28.9. The van der Waals surface area contributed by atoms with Gasteiger partial charge in [0.2, 0.25) is 0 Å². The number of allylic oxidation sites excluding steroid dienone is 2. The van der Waals surface area contributed by atoms with E-state index in [4.69, 9.17) is 18.9 Å². The summed E-state index contributed by atoms with van der Waals surface area (Å²) >= 11 is 0. The Kier molecular flexibility index (Phi) is 14.2. The Morgan fingerprint density at radius 3 is 1.08 bits per heavy atom.